The fraction of sp³-hybridized carbons (Fsp3) is 0.200. The Balaban J connectivity index is 0.000000134. The molecule has 4 aromatic carbocycles. The quantitative estimate of drug-likeness (QED) is 0.352. The number of rotatable bonds is 5. The molecule has 0 radical (unpaired) electrons. The van der Waals surface area contributed by atoms with E-state index in [-0.39, 0.29) is 0 Å². The van der Waals surface area contributed by atoms with Gasteiger partial charge >= 0.3 is 0 Å². The Hall–Kier alpha value is -3.64. The molecule has 5 heteroatoms. The lowest BCUT2D eigenvalue weighted by molar-refractivity contribution is 0.102. The first kappa shape index (κ1) is 26.0. The Morgan fingerprint density at radius 2 is 0.800 bits per heavy atom. The molecule has 0 amide bonds. The molecule has 2 aliphatic rings. The monoisotopic (exact) mass is 472 g/mol. The summed E-state index contributed by atoms with van der Waals surface area (Å²) in [7, 11) is 0. The van der Waals surface area contributed by atoms with E-state index in [0.29, 0.717) is 23.7 Å². The van der Waals surface area contributed by atoms with Crippen molar-refractivity contribution in [2.45, 2.75) is 12.2 Å². The maximum Gasteiger partial charge on any atom is 0.115 e. The zero-order chi connectivity index (χ0) is 24.6. The SMILES string of the molecule is C(OCC1CO1)C1CO1.Oc1ccccc1.Oc1ccccc1.c1ccc(-c2ccccc2)cc1. The minimum absolute atomic E-state index is 0.322. The lowest BCUT2D eigenvalue weighted by atomic mass is 10.1. The number of ether oxygens (including phenoxy) is 3. The maximum absolute atomic E-state index is 8.63. The number of para-hydroxylation sites is 2. The van der Waals surface area contributed by atoms with Crippen molar-refractivity contribution in [1.29, 1.82) is 0 Å². The first-order chi connectivity index (χ1) is 17.2. The van der Waals surface area contributed by atoms with Crippen molar-refractivity contribution in [3.8, 4) is 22.6 Å². The Labute approximate surface area is 207 Å². The average molecular weight is 473 g/mol. The van der Waals surface area contributed by atoms with Crippen molar-refractivity contribution in [2.75, 3.05) is 26.4 Å². The number of hydrogen-bond acceptors (Lipinski definition) is 5. The molecular weight excluding hydrogens is 440 g/mol. The summed E-state index contributed by atoms with van der Waals surface area (Å²) in [6.45, 7) is 3.26. The van der Waals surface area contributed by atoms with Gasteiger partial charge in [0.2, 0.25) is 0 Å². The van der Waals surface area contributed by atoms with Crippen molar-refractivity contribution in [3.63, 3.8) is 0 Å². The van der Waals surface area contributed by atoms with Crippen molar-refractivity contribution in [2.24, 2.45) is 0 Å². The molecule has 2 aliphatic heterocycles. The van der Waals surface area contributed by atoms with Gasteiger partial charge in [-0.3, -0.25) is 0 Å². The van der Waals surface area contributed by atoms with Gasteiger partial charge in [-0.05, 0) is 35.4 Å². The molecule has 0 spiro atoms. The molecule has 182 valence electrons. The van der Waals surface area contributed by atoms with Gasteiger partial charge in [-0.15, -0.1) is 0 Å². The Morgan fingerprint density at radius 1 is 0.514 bits per heavy atom. The zero-order valence-electron chi connectivity index (χ0n) is 19.6. The number of phenols is 2. The van der Waals surface area contributed by atoms with Crippen LogP contribution in [0.4, 0.5) is 0 Å². The number of epoxide rings is 2. The minimum Gasteiger partial charge on any atom is -0.508 e. The molecule has 35 heavy (non-hydrogen) atoms. The van der Waals surface area contributed by atoms with Crippen molar-refractivity contribution >= 4 is 0 Å². The molecule has 2 unspecified atom stereocenters. The molecule has 2 saturated heterocycles. The van der Waals surface area contributed by atoms with Crippen LogP contribution in [0.1, 0.15) is 0 Å². The van der Waals surface area contributed by atoms with Crippen LogP contribution in [0, 0.1) is 0 Å². The normalized spacial score (nSPS) is 16.7. The van der Waals surface area contributed by atoms with Crippen molar-refractivity contribution in [1.82, 2.24) is 0 Å². The third-order valence-corrected chi connectivity index (χ3v) is 4.81. The number of benzene rings is 4. The molecule has 2 atom stereocenters. The molecule has 0 bridgehead atoms. The third kappa shape index (κ3) is 12.4. The van der Waals surface area contributed by atoms with Gasteiger partial charge in [-0.2, -0.15) is 0 Å². The van der Waals surface area contributed by atoms with E-state index in [4.69, 9.17) is 24.4 Å². The second-order valence-electron chi connectivity index (χ2n) is 7.85. The fourth-order valence-corrected chi connectivity index (χ4v) is 2.78. The highest BCUT2D eigenvalue weighted by molar-refractivity contribution is 5.62. The van der Waals surface area contributed by atoms with Crippen LogP contribution in [0.5, 0.6) is 11.5 Å². The average Bonchev–Trinajstić information content (AvgIpc) is 3.84. The van der Waals surface area contributed by atoms with Crippen molar-refractivity contribution < 1.29 is 24.4 Å². The predicted molar refractivity (Wildman–Crippen MR) is 138 cm³/mol. The molecule has 2 N–H and O–H groups in total. The summed E-state index contributed by atoms with van der Waals surface area (Å²) in [5.41, 5.74) is 2.55. The van der Waals surface area contributed by atoms with Gasteiger partial charge in [0.25, 0.3) is 0 Å². The van der Waals surface area contributed by atoms with E-state index in [1.807, 2.05) is 24.3 Å². The molecule has 0 aromatic heterocycles. The molecule has 0 aliphatic carbocycles. The van der Waals surface area contributed by atoms with E-state index in [1.54, 1.807) is 48.5 Å². The van der Waals surface area contributed by atoms with E-state index in [1.165, 1.54) is 11.1 Å². The van der Waals surface area contributed by atoms with E-state index in [0.717, 1.165) is 26.4 Å². The van der Waals surface area contributed by atoms with Crippen LogP contribution in [0.3, 0.4) is 0 Å². The van der Waals surface area contributed by atoms with E-state index >= 15 is 0 Å². The van der Waals surface area contributed by atoms with Crippen molar-refractivity contribution in [3.05, 3.63) is 121 Å². The van der Waals surface area contributed by atoms with Gasteiger partial charge in [-0.1, -0.05) is 97.1 Å². The Bertz CT molecular complexity index is 948. The van der Waals surface area contributed by atoms with Crippen LogP contribution in [0.15, 0.2) is 121 Å². The summed E-state index contributed by atoms with van der Waals surface area (Å²) in [4.78, 5) is 0. The maximum atomic E-state index is 8.63. The van der Waals surface area contributed by atoms with E-state index in [2.05, 4.69) is 48.5 Å². The summed E-state index contributed by atoms with van der Waals surface area (Å²) < 4.78 is 15.1. The summed E-state index contributed by atoms with van der Waals surface area (Å²) in [5.74, 6) is 0.644. The summed E-state index contributed by atoms with van der Waals surface area (Å²) in [5, 5.41) is 17.3. The molecule has 0 saturated carbocycles. The summed E-state index contributed by atoms with van der Waals surface area (Å²) in [6, 6.07) is 38.2. The number of hydrogen-bond donors (Lipinski definition) is 2. The molecule has 2 fully saturated rings. The second-order valence-corrected chi connectivity index (χ2v) is 7.85. The molecular formula is C30H32O5. The highest BCUT2D eigenvalue weighted by Crippen LogP contribution is 2.17. The molecule has 2 heterocycles. The standard InChI is InChI=1S/C12H10.C6H10O3.2C6H6O/c1-3-7-11(8-4-1)12-9-5-2-6-10-12;1(5-3-8-5)7-2-6-4-9-6;2*7-6-4-2-1-3-5-6/h1-10H;5-6H,1-4H2;2*1-5,7H. The lowest BCUT2D eigenvalue weighted by Crippen LogP contribution is -2.06. The molecule has 6 rings (SSSR count). The topological polar surface area (TPSA) is 74.8 Å². The second kappa shape index (κ2) is 15.3. The zero-order valence-corrected chi connectivity index (χ0v) is 19.6. The smallest absolute Gasteiger partial charge is 0.115 e. The predicted octanol–water partition coefficient (Wildman–Crippen LogP) is 5.94. The lowest BCUT2D eigenvalue weighted by Gasteiger charge is -1.98. The number of phenolic OH excluding ortho intramolecular Hbond substituents is 2. The van der Waals surface area contributed by atoms with Crippen LogP contribution in [0.2, 0.25) is 0 Å². The van der Waals surface area contributed by atoms with Crippen LogP contribution < -0.4 is 0 Å². The van der Waals surface area contributed by atoms with Crippen LogP contribution in [-0.2, 0) is 14.2 Å². The van der Waals surface area contributed by atoms with Gasteiger partial charge in [0.15, 0.2) is 0 Å². The van der Waals surface area contributed by atoms with Crippen LogP contribution in [0.25, 0.3) is 11.1 Å². The van der Waals surface area contributed by atoms with E-state index in [9.17, 15) is 0 Å². The van der Waals surface area contributed by atoms with Gasteiger partial charge in [-0.25, -0.2) is 0 Å². The summed E-state index contributed by atoms with van der Waals surface area (Å²) >= 11 is 0. The number of aromatic hydroxyl groups is 2. The van der Waals surface area contributed by atoms with E-state index < -0.39 is 0 Å². The van der Waals surface area contributed by atoms with Crippen LogP contribution in [-0.4, -0.2) is 48.8 Å². The molecule has 4 aromatic rings. The molecule has 5 nitrogen and oxygen atoms in total. The van der Waals surface area contributed by atoms with Gasteiger partial charge in [0.05, 0.1) is 26.4 Å². The fourth-order valence-electron chi connectivity index (χ4n) is 2.78. The first-order valence-corrected chi connectivity index (χ1v) is 11.6. The first-order valence-electron chi connectivity index (χ1n) is 11.6. The Morgan fingerprint density at radius 3 is 1.03 bits per heavy atom. The van der Waals surface area contributed by atoms with Crippen LogP contribution >= 0.6 is 0 Å². The largest absolute Gasteiger partial charge is 0.508 e. The summed E-state index contributed by atoms with van der Waals surface area (Å²) in [6.07, 6.45) is 0.785. The van der Waals surface area contributed by atoms with Gasteiger partial charge in [0.1, 0.15) is 23.7 Å². The highest BCUT2D eigenvalue weighted by atomic mass is 16.6. The Kier molecular flexibility index (Phi) is 11.4. The van der Waals surface area contributed by atoms with Gasteiger partial charge < -0.3 is 24.4 Å². The van der Waals surface area contributed by atoms with Gasteiger partial charge in [0, 0.05) is 0 Å². The minimum atomic E-state index is 0.322. The highest BCUT2D eigenvalue weighted by Gasteiger charge is 2.26. The third-order valence-electron chi connectivity index (χ3n) is 4.81.